The van der Waals surface area contributed by atoms with E-state index in [1.54, 1.807) is 0 Å². The van der Waals surface area contributed by atoms with Crippen molar-refractivity contribution in [2.24, 2.45) is 11.8 Å². The Morgan fingerprint density at radius 2 is 2.00 bits per heavy atom. The van der Waals surface area contributed by atoms with E-state index in [0.717, 1.165) is 17.9 Å². The molecule has 1 fully saturated rings. The summed E-state index contributed by atoms with van der Waals surface area (Å²) in [5.41, 5.74) is 0. The van der Waals surface area contributed by atoms with E-state index in [-0.39, 0.29) is 0 Å². The molecule has 78 valence electrons. The van der Waals surface area contributed by atoms with E-state index in [9.17, 15) is 0 Å². The molecule has 1 aliphatic heterocycles. The summed E-state index contributed by atoms with van der Waals surface area (Å²) in [4.78, 5) is 2.68. The Labute approximate surface area is 83.5 Å². The molecular formula is C12H25N. The summed E-state index contributed by atoms with van der Waals surface area (Å²) in [5, 5.41) is 0. The SMILES string of the molecule is CCC(C)CN1C[C@@H](C)CC[C@H]1C. The number of rotatable bonds is 3. The maximum atomic E-state index is 2.68. The fraction of sp³-hybridized carbons (Fsp3) is 1.00. The van der Waals surface area contributed by atoms with E-state index >= 15 is 0 Å². The number of likely N-dealkylation sites (tertiary alicyclic amines) is 1. The highest BCUT2D eigenvalue weighted by atomic mass is 15.2. The minimum absolute atomic E-state index is 0.824. The third kappa shape index (κ3) is 3.30. The van der Waals surface area contributed by atoms with Crippen LogP contribution < -0.4 is 0 Å². The normalized spacial score (nSPS) is 33.2. The number of nitrogens with zero attached hydrogens (tertiary/aromatic N) is 1. The predicted octanol–water partition coefficient (Wildman–Crippen LogP) is 3.15. The van der Waals surface area contributed by atoms with E-state index in [2.05, 4.69) is 32.6 Å². The minimum Gasteiger partial charge on any atom is -0.300 e. The Bertz CT molecular complexity index is 144. The molecule has 3 atom stereocenters. The highest BCUT2D eigenvalue weighted by molar-refractivity contribution is 4.77. The number of hydrogen-bond donors (Lipinski definition) is 0. The van der Waals surface area contributed by atoms with Gasteiger partial charge in [0.05, 0.1) is 0 Å². The largest absolute Gasteiger partial charge is 0.300 e. The van der Waals surface area contributed by atoms with Crippen molar-refractivity contribution in [3.63, 3.8) is 0 Å². The Hall–Kier alpha value is -0.0400. The number of hydrogen-bond acceptors (Lipinski definition) is 1. The van der Waals surface area contributed by atoms with Crippen LogP contribution in [0.5, 0.6) is 0 Å². The van der Waals surface area contributed by atoms with Crippen LogP contribution in [0.25, 0.3) is 0 Å². The van der Waals surface area contributed by atoms with Gasteiger partial charge in [-0.1, -0.05) is 27.2 Å². The van der Waals surface area contributed by atoms with Crippen LogP contribution in [0, 0.1) is 11.8 Å². The van der Waals surface area contributed by atoms with Gasteiger partial charge in [0.25, 0.3) is 0 Å². The van der Waals surface area contributed by atoms with Gasteiger partial charge in [-0.2, -0.15) is 0 Å². The Morgan fingerprint density at radius 3 is 2.62 bits per heavy atom. The third-order valence-corrected chi connectivity index (χ3v) is 3.49. The lowest BCUT2D eigenvalue weighted by atomic mass is 9.94. The molecule has 1 unspecified atom stereocenters. The van der Waals surface area contributed by atoms with E-state index in [1.807, 2.05) is 0 Å². The summed E-state index contributed by atoms with van der Waals surface area (Å²) in [7, 11) is 0. The molecular weight excluding hydrogens is 158 g/mol. The Balaban J connectivity index is 2.37. The van der Waals surface area contributed by atoms with Crippen molar-refractivity contribution in [2.45, 2.75) is 53.0 Å². The van der Waals surface area contributed by atoms with Crippen molar-refractivity contribution in [1.82, 2.24) is 4.90 Å². The maximum absolute atomic E-state index is 2.68. The molecule has 0 aromatic heterocycles. The molecule has 1 heterocycles. The maximum Gasteiger partial charge on any atom is 0.00672 e. The first-order valence-electron chi connectivity index (χ1n) is 5.87. The standard InChI is InChI=1S/C12H25N/c1-5-10(2)8-13-9-11(3)6-7-12(13)4/h10-12H,5-9H2,1-4H3/t10?,11-,12+/m0/s1. The van der Waals surface area contributed by atoms with Crippen LogP contribution in [0.3, 0.4) is 0 Å². The molecule has 0 aromatic rings. The summed E-state index contributed by atoms with van der Waals surface area (Å²) in [6, 6.07) is 0.824. The Kier molecular flexibility index (Phi) is 4.24. The molecule has 0 aromatic carbocycles. The average Bonchev–Trinajstić information content (AvgIpc) is 2.11. The zero-order valence-electron chi connectivity index (χ0n) is 9.71. The highest BCUT2D eigenvalue weighted by Crippen LogP contribution is 2.22. The molecule has 0 saturated carbocycles. The van der Waals surface area contributed by atoms with Gasteiger partial charge in [-0.25, -0.2) is 0 Å². The average molecular weight is 183 g/mol. The molecule has 0 spiro atoms. The lowest BCUT2D eigenvalue weighted by Crippen LogP contribution is -2.43. The first-order chi connectivity index (χ1) is 6.13. The second-order valence-corrected chi connectivity index (χ2v) is 5.00. The second kappa shape index (κ2) is 4.99. The molecule has 1 nitrogen and oxygen atoms in total. The summed E-state index contributed by atoms with van der Waals surface area (Å²) >= 11 is 0. The van der Waals surface area contributed by atoms with Crippen LogP contribution >= 0.6 is 0 Å². The van der Waals surface area contributed by atoms with Crippen LogP contribution in [0.4, 0.5) is 0 Å². The van der Waals surface area contributed by atoms with Crippen molar-refractivity contribution >= 4 is 0 Å². The zero-order chi connectivity index (χ0) is 9.84. The molecule has 0 amide bonds. The van der Waals surface area contributed by atoms with Crippen LogP contribution in [0.2, 0.25) is 0 Å². The van der Waals surface area contributed by atoms with Gasteiger partial charge in [0.15, 0.2) is 0 Å². The molecule has 0 N–H and O–H groups in total. The van der Waals surface area contributed by atoms with Crippen molar-refractivity contribution in [1.29, 1.82) is 0 Å². The van der Waals surface area contributed by atoms with E-state index in [1.165, 1.54) is 32.4 Å². The van der Waals surface area contributed by atoms with Gasteiger partial charge >= 0.3 is 0 Å². The van der Waals surface area contributed by atoms with Gasteiger partial charge in [0, 0.05) is 19.1 Å². The zero-order valence-corrected chi connectivity index (χ0v) is 9.71. The minimum atomic E-state index is 0.824. The predicted molar refractivity (Wildman–Crippen MR) is 58.9 cm³/mol. The van der Waals surface area contributed by atoms with E-state index in [4.69, 9.17) is 0 Å². The smallest absolute Gasteiger partial charge is 0.00672 e. The van der Waals surface area contributed by atoms with E-state index < -0.39 is 0 Å². The Morgan fingerprint density at radius 1 is 1.31 bits per heavy atom. The molecule has 0 bridgehead atoms. The van der Waals surface area contributed by atoms with Crippen molar-refractivity contribution in [3.05, 3.63) is 0 Å². The van der Waals surface area contributed by atoms with Crippen molar-refractivity contribution < 1.29 is 0 Å². The molecule has 1 saturated heterocycles. The molecule has 13 heavy (non-hydrogen) atoms. The van der Waals surface area contributed by atoms with Crippen molar-refractivity contribution in [3.8, 4) is 0 Å². The molecule has 1 rings (SSSR count). The van der Waals surface area contributed by atoms with Gasteiger partial charge < -0.3 is 4.90 Å². The summed E-state index contributed by atoms with van der Waals surface area (Å²) in [6.45, 7) is 12.1. The number of piperidine rings is 1. The fourth-order valence-corrected chi connectivity index (χ4v) is 2.16. The first-order valence-corrected chi connectivity index (χ1v) is 5.87. The molecule has 1 aliphatic rings. The van der Waals surface area contributed by atoms with Crippen LogP contribution in [-0.2, 0) is 0 Å². The van der Waals surface area contributed by atoms with Crippen LogP contribution in [0.1, 0.15) is 47.0 Å². The second-order valence-electron chi connectivity index (χ2n) is 5.00. The topological polar surface area (TPSA) is 3.24 Å². The van der Waals surface area contributed by atoms with Crippen molar-refractivity contribution in [2.75, 3.05) is 13.1 Å². The van der Waals surface area contributed by atoms with Gasteiger partial charge in [-0.05, 0) is 31.6 Å². The highest BCUT2D eigenvalue weighted by Gasteiger charge is 2.23. The summed E-state index contributed by atoms with van der Waals surface area (Å²) in [5.74, 6) is 1.79. The molecule has 0 aliphatic carbocycles. The quantitative estimate of drug-likeness (QED) is 0.649. The van der Waals surface area contributed by atoms with Crippen LogP contribution in [0.15, 0.2) is 0 Å². The van der Waals surface area contributed by atoms with E-state index in [0.29, 0.717) is 0 Å². The lowest BCUT2D eigenvalue weighted by Gasteiger charge is -2.38. The fourth-order valence-electron chi connectivity index (χ4n) is 2.16. The third-order valence-electron chi connectivity index (χ3n) is 3.49. The lowest BCUT2D eigenvalue weighted by molar-refractivity contribution is 0.107. The summed E-state index contributed by atoms with van der Waals surface area (Å²) < 4.78 is 0. The van der Waals surface area contributed by atoms with Crippen LogP contribution in [-0.4, -0.2) is 24.0 Å². The summed E-state index contributed by atoms with van der Waals surface area (Å²) in [6.07, 6.45) is 4.15. The van der Waals surface area contributed by atoms with Gasteiger partial charge in [0.1, 0.15) is 0 Å². The van der Waals surface area contributed by atoms with Gasteiger partial charge in [0.2, 0.25) is 0 Å². The molecule has 0 radical (unpaired) electrons. The first kappa shape index (κ1) is 11.0. The monoisotopic (exact) mass is 183 g/mol. The molecule has 1 heteroatoms. The van der Waals surface area contributed by atoms with Gasteiger partial charge in [-0.3, -0.25) is 0 Å². The van der Waals surface area contributed by atoms with Gasteiger partial charge in [-0.15, -0.1) is 0 Å².